The smallest absolute Gasteiger partial charge is 0.248 e. The Balaban J connectivity index is 2.08. The monoisotopic (exact) mass is 489 g/mol. The van der Waals surface area contributed by atoms with E-state index in [1.807, 2.05) is 6.92 Å². The maximum Gasteiger partial charge on any atom is 0.248 e. The maximum absolute atomic E-state index is 14.2. The first-order chi connectivity index (χ1) is 16.7. The van der Waals surface area contributed by atoms with Crippen molar-refractivity contribution in [3.05, 3.63) is 25.3 Å². The molecule has 35 heavy (non-hydrogen) atoms. The Kier molecular flexibility index (Phi) is 8.48. The summed E-state index contributed by atoms with van der Waals surface area (Å²) in [5.74, 6) is -2.02. The van der Waals surface area contributed by atoms with Crippen LogP contribution in [0.2, 0.25) is 0 Å². The average Bonchev–Trinajstić information content (AvgIpc) is 3.46. The third-order valence-electron chi connectivity index (χ3n) is 8.33. The summed E-state index contributed by atoms with van der Waals surface area (Å²) < 4.78 is 6.77. The van der Waals surface area contributed by atoms with Crippen molar-refractivity contribution in [2.24, 2.45) is 11.8 Å². The number of rotatable bonds is 13. The van der Waals surface area contributed by atoms with Crippen LogP contribution < -0.4 is 0 Å². The van der Waals surface area contributed by atoms with Gasteiger partial charge >= 0.3 is 0 Å². The van der Waals surface area contributed by atoms with Gasteiger partial charge in [0.05, 0.1) is 30.1 Å². The highest BCUT2D eigenvalue weighted by molar-refractivity contribution is 5.99. The largest absolute Gasteiger partial charge is 0.394 e. The molecule has 1 N–H and O–H groups in total. The van der Waals surface area contributed by atoms with Crippen LogP contribution in [0.15, 0.2) is 25.3 Å². The van der Waals surface area contributed by atoms with Gasteiger partial charge in [0.25, 0.3) is 0 Å². The SMILES string of the molecule is C=CCN(C)C(=O)[C@H]1[C@H]2C(=O)N([C@H](C)CO)C(C(=O)N(CC=C)CCCCC)C23CC[C@]1(CC)O3. The zero-order chi connectivity index (χ0) is 26.0. The normalized spacial score (nSPS) is 31.9. The van der Waals surface area contributed by atoms with Gasteiger partial charge in [0.2, 0.25) is 17.7 Å². The molecule has 8 heteroatoms. The van der Waals surface area contributed by atoms with Crippen LogP contribution in [0.5, 0.6) is 0 Å². The van der Waals surface area contributed by atoms with E-state index in [1.165, 1.54) is 4.90 Å². The zero-order valence-corrected chi connectivity index (χ0v) is 21.9. The van der Waals surface area contributed by atoms with Crippen molar-refractivity contribution in [1.82, 2.24) is 14.7 Å². The molecule has 0 radical (unpaired) electrons. The molecule has 0 aromatic rings. The van der Waals surface area contributed by atoms with E-state index in [0.717, 1.165) is 19.3 Å². The second kappa shape index (κ2) is 10.8. The summed E-state index contributed by atoms with van der Waals surface area (Å²) in [6.07, 6.45) is 7.98. The summed E-state index contributed by atoms with van der Waals surface area (Å²) in [5, 5.41) is 10.0. The number of unbranched alkanes of at least 4 members (excludes halogenated alkanes) is 2. The topological polar surface area (TPSA) is 90.4 Å². The van der Waals surface area contributed by atoms with Crippen molar-refractivity contribution < 1.29 is 24.2 Å². The van der Waals surface area contributed by atoms with E-state index in [2.05, 4.69) is 20.1 Å². The van der Waals surface area contributed by atoms with E-state index in [0.29, 0.717) is 38.9 Å². The lowest BCUT2D eigenvalue weighted by Crippen LogP contribution is -2.58. The van der Waals surface area contributed by atoms with Gasteiger partial charge in [-0.2, -0.15) is 0 Å². The number of aliphatic hydroxyl groups excluding tert-OH is 1. The number of amides is 3. The Labute approximate surface area is 210 Å². The first-order valence-electron chi connectivity index (χ1n) is 13.1. The number of aliphatic hydroxyl groups is 1. The Bertz CT molecular complexity index is 847. The van der Waals surface area contributed by atoms with Gasteiger partial charge < -0.3 is 24.5 Å². The minimum atomic E-state index is -1.08. The summed E-state index contributed by atoms with van der Waals surface area (Å²) >= 11 is 0. The van der Waals surface area contributed by atoms with Gasteiger partial charge in [0, 0.05) is 26.7 Å². The molecule has 3 aliphatic heterocycles. The van der Waals surface area contributed by atoms with Crippen molar-refractivity contribution in [3.8, 4) is 0 Å². The first kappa shape index (κ1) is 27.4. The van der Waals surface area contributed by atoms with E-state index in [1.54, 1.807) is 35.9 Å². The minimum Gasteiger partial charge on any atom is -0.394 e. The molecule has 8 nitrogen and oxygen atoms in total. The number of nitrogens with zero attached hydrogens (tertiary/aromatic N) is 3. The second-order valence-electron chi connectivity index (χ2n) is 10.4. The Hall–Kier alpha value is -2.19. The lowest BCUT2D eigenvalue weighted by atomic mass is 9.64. The van der Waals surface area contributed by atoms with Gasteiger partial charge in [-0.3, -0.25) is 14.4 Å². The molecule has 6 atom stereocenters. The van der Waals surface area contributed by atoms with Gasteiger partial charge in [-0.15, -0.1) is 13.2 Å². The van der Waals surface area contributed by atoms with Crippen molar-refractivity contribution >= 4 is 17.7 Å². The average molecular weight is 490 g/mol. The van der Waals surface area contributed by atoms with E-state index in [-0.39, 0.29) is 24.3 Å². The van der Waals surface area contributed by atoms with Crippen LogP contribution in [0.3, 0.4) is 0 Å². The second-order valence-corrected chi connectivity index (χ2v) is 10.4. The van der Waals surface area contributed by atoms with Crippen molar-refractivity contribution in [2.75, 3.05) is 33.3 Å². The number of likely N-dealkylation sites (N-methyl/N-ethyl adjacent to an activating group) is 1. The molecular weight excluding hydrogens is 446 g/mol. The lowest BCUT2D eigenvalue weighted by Gasteiger charge is -2.38. The fraction of sp³-hybridized carbons (Fsp3) is 0.741. The number of ether oxygens (including phenoxy) is 1. The number of hydrogen-bond acceptors (Lipinski definition) is 5. The Morgan fingerprint density at radius 2 is 1.89 bits per heavy atom. The molecule has 1 spiro atoms. The summed E-state index contributed by atoms with van der Waals surface area (Å²) in [6.45, 7) is 14.4. The molecule has 0 aromatic heterocycles. The molecule has 0 aliphatic carbocycles. The number of likely N-dealkylation sites (tertiary alicyclic amines) is 1. The fourth-order valence-corrected chi connectivity index (χ4v) is 6.57. The molecule has 3 fully saturated rings. The van der Waals surface area contributed by atoms with Crippen LogP contribution in [0, 0.1) is 11.8 Å². The maximum atomic E-state index is 14.2. The number of hydrogen-bond donors (Lipinski definition) is 1. The minimum absolute atomic E-state index is 0.151. The quantitative estimate of drug-likeness (QED) is 0.317. The first-order valence-corrected chi connectivity index (χ1v) is 13.1. The number of carbonyl (C=O) groups is 3. The number of fused-ring (bicyclic) bond motifs is 1. The summed E-state index contributed by atoms with van der Waals surface area (Å²) in [7, 11) is 1.71. The summed E-state index contributed by atoms with van der Waals surface area (Å²) in [6, 6.07) is -1.45. The highest BCUT2D eigenvalue weighted by Crippen LogP contribution is 2.64. The van der Waals surface area contributed by atoms with E-state index >= 15 is 0 Å². The highest BCUT2D eigenvalue weighted by atomic mass is 16.5. The standard InChI is InChI=1S/C27H43N3O5/c1-7-11-12-17-29(16-9-3)25(34)22-27-14-13-26(10-4,35-27)20(23(32)28(6)15-8-2)21(27)24(33)30(22)19(5)18-31/h8-9,19-22,31H,2-3,7,10-18H2,1,4-6H3/t19-,20-,21+,22?,26+,27?/m1/s1. The molecule has 2 unspecified atom stereocenters. The Morgan fingerprint density at radius 3 is 2.46 bits per heavy atom. The predicted octanol–water partition coefficient (Wildman–Crippen LogP) is 2.37. The Morgan fingerprint density at radius 1 is 1.20 bits per heavy atom. The van der Waals surface area contributed by atoms with Crippen LogP contribution in [0.1, 0.15) is 59.3 Å². The third-order valence-corrected chi connectivity index (χ3v) is 8.33. The molecule has 0 aromatic carbocycles. The molecule has 0 saturated carbocycles. The van der Waals surface area contributed by atoms with Crippen molar-refractivity contribution in [2.45, 2.75) is 82.6 Å². The molecule has 3 heterocycles. The molecule has 2 bridgehead atoms. The predicted molar refractivity (Wildman–Crippen MR) is 134 cm³/mol. The van der Waals surface area contributed by atoms with Crippen molar-refractivity contribution in [3.63, 3.8) is 0 Å². The van der Waals surface area contributed by atoms with Gasteiger partial charge in [-0.05, 0) is 32.6 Å². The van der Waals surface area contributed by atoms with Crippen LogP contribution in [-0.4, -0.2) is 94.1 Å². The fourth-order valence-electron chi connectivity index (χ4n) is 6.57. The molecule has 3 amide bonds. The van der Waals surface area contributed by atoms with Gasteiger partial charge in [-0.1, -0.05) is 38.8 Å². The van der Waals surface area contributed by atoms with Crippen LogP contribution in [-0.2, 0) is 19.1 Å². The summed E-state index contributed by atoms with van der Waals surface area (Å²) in [5.41, 5.74) is -1.85. The van der Waals surface area contributed by atoms with E-state index in [4.69, 9.17) is 4.74 Å². The molecular formula is C27H43N3O5. The highest BCUT2D eigenvalue weighted by Gasteiger charge is 2.79. The summed E-state index contributed by atoms with van der Waals surface area (Å²) in [4.78, 5) is 46.7. The lowest BCUT2D eigenvalue weighted by molar-refractivity contribution is -0.157. The van der Waals surface area contributed by atoms with Crippen molar-refractivity contribution in [1.29, 1.82) is 0 Å². The zero-order valence-electron chi connectivity index (χ0n) is 21.9. The van der Waals surface area contributed by atoms with Crippen LogP contribution in [0.4, 0.5) is 0 Å². The van der Waals surface area contributed by atoms with Gasteiger partial charge in [0.15, 0.2) is 0 Å². The molecule has 3 saturated heterocycles. The molecule has 3 rings (SSSR count). The molecule has 3 aliphatic rings. The van der Waals surface area contributed by atoms with E-state index in [9.17, 15) is 19.5 Å². The molecule has 196 valence electrons. The van der Waals surface area contributed by atoms with Gasteiger partial charge in [-0.25, -0.2) is 0 Å². The van der Waals surface area contributed by atoms with Gasteiger partial charge in [0.1, 0.15) is 11.6 Å². The number of carbonyl (C=O) groups excluding carboxylic acids is 3. The van der Waals surface area contributed by atoms with Crippen LogP contribution >= 0.6 is 0 Å². The van der Waals surface area contributed by atoms with Crippen LogP contribution in [0.25, 0.3) is 0 Å². The third kappa shape index (κ3) is 4.33. The van der Waals surface area contributed by atoms with E-state index < -0.39 is 35.1 Å².